The van der Waals surface area contributed by atoms with E-state index in [4.69, 9.17) is 22.1 Å². The average molecular weight is 258 g/mol. The monoisotopic (exact) mass is 257 g/mol. The second-order valence-electron chi connectivity index (χ2n) is 4.34. The second-order valence-corrected chi connectivity index (χ2v) is 4.78. The van der Waals surface area contributed by atoms with Gasteiger partial charge in [0.2, 0.25) is 0 Å². The number of pyridine rings is 1. The van der Waals surface area contributed by atoms with E-state index in [1.54, 1.807) is 12.3 Å². The number of rotatable bonds is 7. The fourth-order valence-corrected chi connectivity index (χ4v) is 1.47. The van der Waals surface area contributed by atoms with Crippen LogP contribution in [0.25, 0.3) is 0 Å². The van der Waals surface area contributed by atoms with Gasteiger partial charge in [0.25, 0.3) is 0 Å². The lowest BCUT2D eigenvalue weighted by atomic mass is 10.2. The van der Waals surface area contributed by atoms with Crippen LogP contribution in [0.4, 0.5) is 11.5 Å². The second kappa shape index (κ2) is 7.35. The van der Waals surface area contributed by atoms with E-state index >= 15 is 0 Å². The lowest BCUT2D eigenvalue weighted by Gasteiger charge is -2.09. The molecular weight excluding hydrogens is 238 g/mol. The largest absolute Gasteiger partial charge is 0.396 e. The molecule has 0 saturated carbocycles. The molecule has 0 unspecified atom stereocenters. The van der Waals surface area contributed by atoms with E-state index in [1.807, 2.05) is 0 Å². The Morgan fingerprint density at radius 3 is 2.94 bits per heavy atom. The third-order valence-electron chi connectivity index (χ3n) is 2.09. The van der Waals surface area contributed by atoms with Crippen LogP contribution in [0.1, 0.15) is 20.3 Å². The Bertz CT molecular complexity index is 345. The van der Waals surface area contributed by atoms with Gasteiger partial charge in [-0.1, -0.05) is 25.4 Å². The maximum Gasteiger partial charge on any atom is 0.149 e. The average Bonchev–Trinajstić information content (AvgIpc) is 2.25. The van der Waals surface area contributed by atoms with Crippen molar-refractivity contribution in [3.63, 3.8) is 0 Å². The first-order chi connectivity index (χ1) is 8.09. The van der Waals surface area contributed by atoms with Gasteiger partial charge in [0, 0.05) is 26.0 Å². The van der Waals surface area contributed by atoms with Gasteiger partial charge in [-0.3, -0.25) is 0 Å². The standard InChI is InChI=1S/C12H20ClN3O/c1-9(2)8-17-5-3-4-15-12-11(14)6-10(13)7-16-12/h6-7,9H,3-5,8,14H2,1-2H3,(H,15,16). The van der Waals surface area contributed by atoms with Gasteiger partial charge in [0.1, 0.15) is 5.82 Å². The molecule has 0 spiro atoms. The zero-order chi connectivity index (χ0) is 12.7. The Labute approximate surface area is 108 Å². The lowest BCUT2D eigenvalue weighted by molar-refractivity contribution is 0.110. The number of nitrogens with one attached hydrogen (secondary N) is 1. The lowest BCUT2D eigenvalue weighted by Crippen LogP contribution is -2.10. The van der Waals surface area contributed by atoms with Crippen LogP contribution >= 0.6 is 11.6 Å². The summed E-state index contributed by atoms with van der Waals surface area (Å²) in [4.78, 5) is 4.11. The summed E-state index contributed by atoms with van der Waals surface area (Å²) >= 11 is 5.76. The van der Waals surface area contributed by atoms with Crippen molar-refractivity contribution >= 4 is 23.1 Å². The highest BCUT2D eigenvalue weighted by atomic mass is 35.5. The zero-order valence-corrected chi connectivity index (χ0v) is 11.1. The predicted octanol–water partition coefficient (Wildman–Crippen LogP) is 2.79. The van der Waals surface area contributed by atoms with Crippen molar-refractivity contribution in [2.75, 3.05) is 30.8 Å². The van der Waals surface area contributed by atoms with E-state index in [0.29, 0.717) is 22.4 Å². The molecule has 0 aliphatic heterocycles. The van der Waals surface area contributed by atoms with Crippen molar-refractivity contribution in [2.24, 2.45) is 5.92 Å². The topological polar surface area (TPSA) is 60.2 Å². The molecule has 0 radical (unpaired) electrons. The summed E-state index contributed by atoms with van der Waals surface area (Å²) in [6, 6.07) is 1.69. The number of anilines is 2. The first-order valence-corrected chi connectivity index (χ1v) is 6.20. The molecule has 5 heteroatoms. The van der Waals surface area contributed by atoms with Gasteiger partial charge in [0.05, 0.1) is 10.7 Å². The van der Waals surface area contributed by atoms with Gasteiger partial charge >= 0.3 is 0 Å². The molecule has 0 aliphatic carbocycles. The highest BCUT2D eigenvalue weighted by molar-refractivity contribution is 6.30. The van der Waals surface area contributed by atoms with Gasteiger partial charge in [0.15, 0.2) is 0 Å². The quantitative estimate of drug-likeness (QED) is 0.738. The fraction of sp³-hybridized carbons (Fsp3) is 0.583. The molecule has 0 bridgehead atoms. The van der Waals surface area contributed by atoms with Gasteiger partial charge < -0.3 is 15.8 Å². The van der Waals surface area contributed by atoms with Gasteiger partial charge in [-0.25, -0.2) is 4.98 Å². The molecule has 0 fully saturated rings. The molecular formula is C12H20ClN3O. The first-order valence-electron chi connectivity index (χ1n) is 5.82. The van der Waals surface area contributed by atoms with Crippen LogP contribution in [0.2, 0.25) is 5.02 Å². The summed E-state index contributed by atoms with van der Waals surface area (Å²) in [5, 5.41) is 3.70. The van der Waals surface area contributed by atoms with Crippen molar-refractivity contribution in [1.82, 2.24) is 4.98 Å². The summed E-state index contributed by atoms with van der Waals surface area (Å²) in [5.74, 6) is 1.26. The molecule has 0 saturated heterocycles. The summed E-state index contributed by atoms with van der Waals surface area (Å²) < 4.78 is 5.47. The maximum absolute atomic E-state index is 5.76. The molecule has 0 aromatic carbocycles. The van der Waals surface area contributed by atoms with Crippen LogP contribution in [0.3, 0.4) is 0 Å². The summed E-state index contributed by atoms with van der Waals surface area (Å²) in [5.41, 5.74) is 6.33. The van der Waals surface area contributed by atoms with E-state index in [2.05, 4.69) is 24.1 Å². The highest BCUT2D eigenvalue weighted by Gasteiger charge is 2.00. The molecule has 96 valence electrons. The summed E-state index contributed by atoms with van der Waals surface area (Å²) in [7, 11) is 0. The van der Waals surface area contributed by atoms with Crippen LogP contribution in [0, 0.1) is 5.92 Å². The number of ether oxygens (including phenoxy) is 1. The predicted molar refractivity (Wildman–Crippen MR) is 72.4 cm³/mol. The van der Waals surface area contributed by atoms with Gasteiger partial charge in [-0.05, 0) is 18.4 Å². The number of halogens is 1. The summed E-state index contributed by atoms with van der Waals surface area (Å²) in [6.45, 7) is 6.62. The Hall–Kier alpha value is -1.00. The Kier molecular flexibility index (Phi) is 6.08. The van der Waals surface area contributed by atoms with E-state index < -0.39 is 0 Å². The third-order valence-corrected chi connectivity index (χ3v) is 2.30. The fourth-order valence-electron chi connectivity index (χ4n) is 1.30. The molecule has 1 aromatic heterocycles. The van der Waals surface area contributed by atoms with Crippen molar-refractivity contribution in [3.05, 3.63) is 17.3 Å². The Morgan fingerprint density at radius 1 is 1.53 bits per heavy atom. The van der Waals surface area contributed by atoms with Crippen molar-refractivity contribution in [1.29, 1.82) is 0 Å². The van der Waals surface area contributed by atoms with Gasteiger partial charge in [-0.15, -0.1) is 0 Å². The van der Waals surface area contributed by atoms with Crippen LogP contribution in [0.5, 0.6) is 0 Å². The Balaban J connectivity index is 2.18. The minimum Gasteiger partial charge on any atom is -0.396 e. The number of nitrogens with two attached hydrogens (primary N) is 1. The van der Waals surface area contributed by atoms with Crippen LogP contribution in [-0.2, 0) is 4.74 Å². The molecule has 1 rings (SSSR count). The molecule has 4 nitrogen and oxygen atoms in total. The van der Waals surface area contributed by atoms with Crippen molar-refractivity contribution < 1.29 is 4.74 Å². The van der Waals surface area contributed by atoms with Crippen LogP contribution in [-0.4, -0.2) is 24.7 Å². The van der Waals surface area contributed by atoms with E-state index in [0.717, 1.165) is 26.2 Å². The number of hydrogen-bond donors (Lipinski definition) is 2. The molecule has 0 atom stereocenters. The molecule has 17 heavy (non-hydrogen) atoms. The minimum atomic E-state index is 0.549. The van der Waals surface area contributed by atoms with Crippen LogP contribution < -0.4 is 11.1 Å². The molecule has 3 N–H and O–H groups in total. The number of nitrogens with zero attached hydrogens (tertiary/aromatic N) is 1. The molecule has 0 amide bonds. The van der Waals surface area contributed by atoms with E-state index in [9.17, 15) is 0 Å². The van der Waals surface area contributed by atoms with Gasteiger partial charge in [-0.2, -0.15) is 0 Å². The number of hydrogen-bond acceptors (Lipinski definition) is 4. The van der Waals surface area contributed by atoms with E-state index in [1.165, 1.54) is 0 Å². The van der Waals surface area contributed by atoms with Crippen LogP contribution in [0.15, 0.2) is 12.3 Å². The zero-order valence-electron chi connectivity index (χ0n) is 10.4. The van der Waals surface area contributed by atoms with E-state index in [-0.39, 0.29) is 0 Å². The maximum atomic E-state index is 5.76. The highest BCUT2D eigenvalue weighted by Crippen LogP contribution is 2.18. The normalized spacial score (nSPS) is 10.8. The SMILES string of the molecule is CC(C)COCCCNc1ncc(Cl)cc1N. The smallest absolute Gasteiger partial charge is 0.149 e. The van der Waals surface area contributed by atoms with Crippen molar-refractivity contribution in [2.45, 2.75) is 20.3 Å². The number of aromatic nitrogens is 1. The Morgan fingerprint density at radius 2 is 2.29 bits per heavy atom. The summed E-state index contributed by atoms with van der Waals surface area (Å²) in [6.07, 6.45) is 2.51. The van der Waals surface area contributed by atoms with Crippen molar-refractivity contribution in [3.8, 4) is 0 Å². The number of nitrogen functional groups attached to an aromatic ring is 1. The minimum absolute atomic E-state index is 0.549. The third kappa shape index (κ3) is 5.75. The molecule has 1 aromatic rings. The molecule has 1 heterocycles. The first kappa shape index (κ1) is 14.1. The molecule has 0 aliphatic rings.